The molecule has 0 spiro atoms. The summed E-state index contributed by atoms with van der Waals surface area (Å²) in [5.41, 5.74) is -2.09. The molecule has 28 heavy (non-hydrogen) atoms. The summed E-state index contributed by atoms with van der Waals surface area (Å²) >= 11 is 0. The number of nitrogens with zero attached hydrogens (tertiary/aromatic N) is 1. The van der Waals surface area contributed by atoms with Gasteiger partial charge in [-0.15, -0.1) is 0 Å². The van der Waals surface area contributed by atoms with Crippen molar-refractivity contribution in [1.29, 1.82) is 0 Å². The van der Waals surface area contributed by atoms with E-state index in [1.807, 2.05) is 0 Å². The van der Waals surface area contributed by atoms with E-state index in [4.69, 9.17) is 4.74 Å². The first-order chi connectivity index (χ1) is 13.1. The molecular formula is C18H16F5N3O2. The molecule has 1 amide bonds. The minimum Gasteiger partial charge on any atom is -0.494 e. The molecule has 1 saturated carbocycles. The van der Waals surface area contributed by atoms with Crippen LogP contribution in [0.2, 0.25) is 0 Å². The molecule has 1 aliphatic carbocycles. The van der Waals surface area contributed by atoms with Crippen molar-refractivity contribution >= 4 is 17.4 Å². The minimum atomic E-state index is -4.40. The lowest BCUT2D eigenvalue weighted by Gasteiger charge is -2.19. The molecule has 0 atom stereocenters. The van der Waals surface area contributed by atoms with Gasteiger partial charge in [0.25, 0.3) is 5.91 Å². The maximum atomic E-state index is 13.3. The highest BCUT2D eigenvalue weighted by Gasteiger charge is 2.63. The summed E-state index contributed by atoms with van der Waals surface area (Å²) in [6.07, 6.45) is -4.50. The van der Waals surface area contributed by atoms with Gasteiger partial charge in [0.1, 0.15) is 23.2 Å². The monoisotopic (exact) mass is 401 g/mol. The van der Waals surface area contributed by atoms with Crippen LogP contribution < -0.4 is 15.4 Å². The first-order valence-electron chi connectivity index (χ1n) is 8.27. The van der Waals surface area contributed by atoms with Crippen molar-refractivity contribution in [1.82, 2.24) is 10.3 Å². The fourth-order valence-corrected chi connectivity index (χ4v) is 2.66. The molecule has 0 saturated heterocycles. The van der Waals surface area contributed by atoms with Gasteiger partial charge >= 0.3 is 6.18 Å². The normalized spacial score (nSPS) is 15.1. The number of alkyl halides is 3. The molecule has 0 bridgehead atoms. The lowest BCUT2D eigenvalue weighted by atomic mass is 10.1. The SMILES string of the molecule is COc1ccc(Nc2cc(F)cc(F)c2)nc1C(=O)NCC1(C(F)(F)F)CC1. The van der Waals surface area contributed by atoms with Gasteiger partial charge in [0.15, 0.2) is 5.69 Å². The zero-order chi connectivity index (χ0) is 20.5. The highest BCUT2D eigenvalue weighted by Crippen LogP contribution is 2.57. The highest BCUT2D eigenvalue weighted by atomic mass is 19.4. The summed E-state index contributed by atoms with van der Waals surface area (Å²) in [4.78, 5) is 16.4. The van der Waals surface area contributed by atoms with Gasteiger partial charge in [-0.05, 0) is 37.1 Å². The van der Waals surface area contributed by atoms with E-state index in [9.17, 15) is 26.7 Å². The van der Waals surface area contributed by atoms with Gasteiger partial charge in [0.2, 0.25) is 0 Å². The van der Waals surface area contributed by atoms with E-state index in [1.54, 1.807) is 0 Å². The van der Waals surface area contributed by atoms with Crippen molar-refractivity contribution in [2.45, 2.75) is 19.0 Å². The highest BCUT2D eigenvalue weighted by molar-refractivity contribution is 5.95. The van der Waals surface area contributed by atoms with Gasteiger partial charge < -0.3 is 15.4 Å². The zero-order valence-corrected chi connectivity index (χ0v) is 14.7. The predicted octanol–water partition coefficient (Wildman–Crippen LogP) is 4.18. The second-order valence-corrected chi connectivity index (χ2v) is 6.49. The van der Waals surface area contributed by atoms with E-state index in [2.05, 4.69) is 15.6 Å². The third-order valence-corrected chi connectivity index (χ3v) is 4.47. The van der Waals surface area contributed by atoms with E-state index >= 15 is 0 Å². The Morgan fingerprint density at radius 2 is 1.82 bits per heavy atom. The molecule has 10 heteroatoms. The maximum absolute atomic E-state index is 13.3. The number of hydrogen-bond donors (Lipinski definition) is 2. The summed E-state index contributed by atoms with van der Waals surface area (Å²) in [6, 6.07) is 5.51. The Labute approximate surface area is 156 Å². The third-order valence-electron chi connectivity index (χ3n) is 4.47. The first-order valence-corrected chi connectivity index (χ1v) is 8.27. The maximum Gasteiger partial charge on any atom is 0.396 e. The summed E-state index contributed by atoms with van der Waals surface area (Å²) in [7, 11) is 1.28. The van der Waals surface area contributed by atoms with Crippen molar-refractivity contribution in [2.24, 2.45) is 5.41 Å². The van der Waals surface area contributed by atoms with E-state index in [0.29, 0.717) is 6.07 Å². The van der Waals surface area contributed by atoms with E-state index in [0.717, 1.165) is 12.1 Å². The molecule has 2 aromatic rings. The van der Waals surface area contributed by atoms with Crippen molar-refractivity contribution in [2.75, 3.05) is 19.0 Å². The average Bonchev–Trinajstić information content (AvgIpc) is 3.40. The largest absolute Gasteiger partial charge is 0.494 e. The molecule has 0 unspecified atom stereocenters. The van der Waals surface area contributed by atoms with E-state index in [1.165, 1.54) is 19.2 Å². The van der Waals surface area contributed by atoms with Crippen molar-refractivity contribution in [3.8, 4) is 5.75 Å². The Morgan fingerprint density at radius 1 is 1.18 bits per heavy atom. The first kappa shape index (κ1) is 19.8. The number of aromatic nitrogens is 1. The number of rotatable bonds is 6. The summed E-state index contributed by atoms with van der Waals surface area (Å²) < 4.78 is 70.6. The van der Waals surface area contributed by atoms with E-state index < -0.39 is 35.7 Å². The number of benzene rings is 1. The van der Waals surface area contributed by atoms with Crippen LogP contribution >= 0.6 is 0 Å². The van der Waals surface area contributed by atoms with Crippen LogP contribution in [0.1, 0.15) is 23.3 Å². The van der Waals surface area contributed by atoms with Crippen LogP contribution in [0.5, 0.6) is 5.75 Å². The van der Waals surface area contributed by atoms with Crippen LogP contribution in [0.4, 0.5) is 33.5 Å². The van der Waals surface area contributed by atoms with Crippen LogP contribution in [0.3, 0.4) is 0 Å². The Morgan fingerprint density at radius 3 is 2.36 bits per heavy atom. The Kier molecular flexibility index (Phi) is 5.14. The van der Waals surface area contributed by atoms with Crippen LogP contribution in [0.25, 0.3) is 0 Å². The molecule has 1 aromatic carbocycles. The lowest BCUT2D eigenvalue weighted by molar-refractivity contribution is -0.184. The number of carbonyl (C=O) groups is 1. The summed E-state index contributed by atoms with van der Waals surface area (Å²) in [6.45, 7) is -0.563. The summed E-state index contributed by atoms with van der Waals surface area (Å²) in [5, 5.41) is 4.88. The second-order valence-electron chi connectivity index (χ2n) is 6.49. The van der Waals surface area contributed by atoms with E-state index in [-0.39, 0.29) is 35.8 Å². The quantitative estimate of drug-likeness (QED) is 0.713. The van der Waals surface area contributed by atoms with Crippen molar-refractivity contribution in [3.63, 3.8) is 0 Å². The molecule has 0 radical (unpaired) electrons. The molecule has 1 aromatic heterocycles. The lowest BCUT2D eigenvalue weighted by Crippen LogP contribution is -2.38. The van der Waals surface area contributed by atoms with Crippen LogP contribution in [-0.4, -0.2) is 30.7 Å². The van der Waals surface area contributed by atoms with Crippen LogP contribution in [-0.2, 0) is 0 Å². The number of halogens is 5. The number of anilines is 2. The van der Waals surface area contributed by atoms with Gasteiger partial charge in [-0.25, -0.2) is 13.8 Å². The van der Waals surface area contributed by atoms with Crippen LogP contribution in [0, 0.1) is 17.0 Å². The fraction of sp³-hybridized carbons (Fsp3) is 0.333. The average molecular weight is 401 g/mol. The van der Waals surface area contributed by atoms with Gasteiger partial charge in [0.05, 0.1) is 12.5 Å². The van der Waals surface area contributed by atoms with Gasteiger partial charge in [-0.3, -0.25) is 4.79 Å². The number of carbonyl (C=O) groups excluding carboxylic acids is 1. The standard InChI is InChI=1S/C18H16F5N3O2/c1-28-13-2-3-14(25-12-7-10(19)6-11(20)8-12)26-15(13)16(27)24-9-17(4-5-17)18(21,22)23/h2-3,6-8H,4-5,9H2,1H3,(H,24,27)(H,25,26). The topological polar surface area (TPSA) is 63.2 Å². The fourth-order valence-electron chi connectivity index (χ4n) is 2.66. The molecule has 2 N–H and O–H groups in total. The van der Waals surface area contributed by atoms with Gasteiger partial charge in [0, 0.05) is 18.3 Å². The number of amides is 1. The number of hydrogen-bond acceptors (Lipinski definition) is 4. The number of nitrogens with one attached hydrogen (secondary N) is 2. The molecule has 0 aliphatic heterocycles. The zero-order valence-electron chi connectivity index (χ0n) is 14.7. The van der Waals surface area contributed by atoms with Gasteiger partial charge in [-0.1, -0.05) is 0 Å². The Balaban J connectivity index is 1.78. The molecule has 1 heterocycles. The van der Waals surface area contributed by atoms with Crippen LogP contribution in [0.15, 0.2) is 30.3 Å². The number of pyridine rings is 1. The molecule has 3 rings (SSSR count). The van der Waals surface area contributed by atoms with Crippen molar-refractivity contribution in [3.05, 3.63) is 47.7 Å². The number of ether oxygens (including phenoxy) is 1. The second kappa shape index (κ2) is 7.25. The third kappa shape index (κ3) is 4.15. The minimum absolute atomic E-state index is 0.0466. The predicted molar refractivity (Wildman–Crippen MR) is 90.5 cm³/mol. The molecular weight excluding hydrogens is 385 g/mol. The molecule has 1 fully saturated rings. The number of methoxy groups -OCH3 is 1. The van der Waals surface area contributed by atoms with Crippen molar-refractivity contribution < 1.29 is 31.5 Å². The Hall–Kier alpha value is -2.91. The molecule has 150 valence electrons. The summed E-state index contributed by atoms with van der Waals surface area (Å²) in [5.74, 6) is -2.36. The molecule has 1 aliphatic rings. The smallest absolute Gasteiger partial charge is 0.396 e. The Bertz CT molecular complexity index is 877. The van der Waals surface area contributed by atoms with Gasteiger partial charge in [-0.2, -0.15) is 13.2 Å². The molecule has 5 nitrogen and oxygen atoms in total.